The summed E-state index contributed by atoms with van der Waals surface area (Å²) in [5, 5.41) is 5.13. The Bertz CT molecular complexity index is 471. The van der Waals surface area contributed by atoms with E-state index < -0.39 is 0 Å². The van der Waals surface area contributed by atoms with Crippen LogP contribution in [0.5, 0.6) is 0 Å². The number of hydrogen-bond acceptors (Lipinski definition) is 3. The lowest BCUT2D eigenvalue weighted by atomic mass is 9.97. The fraction of sp³-hybridized carbons (Fsp3) is 0.471. The highest BCUT2D eigenvalue weighted by Crippen LogP contribution is 2.20. The predicted octanol–water partition coefficient (Wildman–Crippen LogP) is 3.21. The van der Waals surface area contributed by atoms with E-state index in [1.807, 2.05) is 30.4 Å². The highest BCUT2D eigenvalue weighted by atomic mass is 32.1. The zero-order valence-corrected chi connectivity index (χ0v) is 13.4. The molecule has 1 aliphatic heterocycles. The fourth-order valence-corrected chi connectivity index (χ4v) is 3.28. The molecule has 2 rings (SSSR count). The second-order valence-electron chi connectivity index (χ2n) is 5.43. The molecule has 0 aliphatic carbocycles. The van der Waals surface area contributed by atoms with Crippen LogP contribution in [0.15, 0.2) is 41.8 Å². The molecule has 21 heavy (non-hydrogen) atoms. The zero-order valence-electron chi connectivity index (χ0n) is 12.6. The monoisotopic (exact) mass is 304 g/mol. The van der Waals surface area contributed by atoms with Gasteiger partial charge in [0.2, 0.25) is 5.91 Å². The molecule has 1 saturated heterocycles. The lowest BCUT2D eigenvalue weighted by Gasteiger charge is -2.31. The Labute approximate surface area is 131 Å². The van der Waals surface area contributed by atoms with Gasteiger partial charge in [-0.1, -0.05) is 24.3 Å². The van der Waals surface area contributed by atoms with Crippen LogP contribution in [-0.2, 0) is 11.3 Å². The summed E-state index contributed by atoms with van der Waals surface area (Å²) >= 11 is 1.83. The Morgan fingerprint density at radius 2 is 2.24 bits per heavy atom. The van der Waals surface area contributed by atoms with Crippen molar-refractivity contribution in [3.63, 3.8) is 0 Å². The zero-order chi connectivity index (χ0) is 14.9. The van der Waals surface area contributed by atoms with Crippen LogP contribution in [0.3, 0.4) is 0 Å². The second kappa shape index (κ2) is 8.80. The lowest BCUT2D eigenvalue weighted by molar-refractivity contribution is -0.116. The Kier molecular flexibility index (Phi) is 6.70. The second-order valence-corrected chi connectivity index (χ2v) is 6.46. The first-order chi connectivity index (χ1) is 10.3. The first kappa shape index (κ1) is 16.0. The summed E-state index contributed by atoms with van der Waals surface area (Å²) in [6.07, 6.45) is 9.48. The van der Waals surface area contributed by atoms with E-state index in [9.17, 15) is 4.79 Å². The van der Waals surface area contributed by atoms with Crippen LogP contribution in [0, 0.1) is 5.92 Å². The SMILES string of the molecule is C/C=C/C=C\C(=O)NCC1CCN(Cc2cccs2)CC1. The van der Waals surface area contributed by atoms with Crippen LogP contribution < -0.4 is 5.32 Å². The smallest absolute Gasteiger partial charge is 0.243 e. The predicted molar refractivity (Wildman–Crippen MR) is 89.3 cm³/mol. The van der Waals surface area contributed by atoms with Gasteiger partial charge < -0.3 is 5.32 Å². The molecule has 4 heteroatoms. The summed E-state index contributed by atoms with van der Waals surface area (Å²) in [5.74, 6) is 0.623. The van der Waals surface area contributed by atoms with Gasteiger partial charge in [0.15, 0.2) is 0 Å². The molecule has 1 N–H and O–H groups in total. The number of carbonyl (C=O) groups is 1. The Balaban J connectivity index is 1.64. The molecule has 1 aromatic heterocycles. The molecule has 3 nitrogen and oxygen atoms in total. The normalized spacial score (nSPS) is 17.8. The molecular formula is C17H24N2OS. The molecule has 0 unspecified atom stereocenters. The molecule has 114 valence electrons. The largest absolute Gasteiger partial charge is 0.352 e. The number of piperidine rings is 1. The molecule has 0 bridgehead atoms. The van der Waals surface area contributed by atoms with Crippen LogP contribution in [0.25, 0.3) is 0 Å². The van der Waals surface area contributed by atoms with E-state index in [2.05, 4.69) is 27.7 Å². The molecule has 1 amide bonds. The topological polar surface area (TPSA) is 32.3 Å². The van der Waals surface area contributed by atoms with E-state index in [0.29, 0.717) is 5.92 Å². The van der Waals surface area contributed by atoms with Crippen LogP contribution >= 0.6 is 11.3 Å². The van der Waals surface area contributed by atoms with E-state index in [1.54, 1.807) is 12.2 Å². The third-order valence-electron chi connectivity index (χ3n) is 3.78. The highest BCUT2D eigenvalue weighted by molar-refractivity contribution is 7.09. The summed E-state index contributed by atoms with van der Waals surface area (Å²) in [5.41, 5.74) is 0. The van der Waals surface area contributed by atoms with Crippen molar-refractivity contribution < 1.29 is 4.79 Å². The standard InChI is InChI=1S/C17H24N2OS/c1-2-3-4-7-17(20)18-13-15-8-10-19(11-9-15)14-16-6-5-12-21-16/h2-7,12,15H,8-11,13-14H2,1H3,(H,18,20)/b3-2+,7-4-. The van der Waals surface area contributed by atoms with Gasteiger partial charge in [-0.05, 0) is 50.2 Å². The first-order valence-electron chi connectivity index (χ1n) is 7.60. The van der Waals surface area contributed by atoms with Crippen molar-refractivity contribution in [3.05, 3.63) is 46.7 Å². The van der Waals surface area contributed by atoms with Crippen LogP contribution in [0.1, 0.15) is 24.6 Å². The number of carbonyl (C=O) groups excluding carboxylic acids is 1. The van der Waals surface area contributed by atoms with Crippen molar-refractivity contribution in [3.8, 4) is 0 Å². The average Bonchev–Trinajstić information content (AvgIpc) is 3.00. The van der Waals surface area contributed by atoms with Gasteiger partial charge >= 0.3 is 0 Å². The van der Waals surface area contributed by atoms with E-state index >= 15 is 0 Å². The van der Waals surface area contributed by atoms with Crippen LogP contribution in [-0.4, -0.2) is 30.4 Å². The van der Waals surface area contributed by atoms with Gasteiger partial charge in [-0.3, -0.25) is 9.69 Å². The molecule has 1 fully saturated rings. The van der Waals surface area contributed by atoms with E-state index in [4.69, 9.17) is 0 Å². The number of rotatable bonds is 6. The van der Waals surface area contributed by atoms with Crippen molar-refractivity contribution in [2.24, 2.45) is 5.92 Å². The molecule has 0 radical (unpaired) electrons. The molecule has 0 spiro atoms. The molecule has 1 aliphatic rings. The van der Waals surface area contributed by atoms with Gasteiger partial charge in [-0.2, -0.15) is 0 Å². The fourth-order valence-electron chi connectivity index (χ4n) is 2.53. The quantitative estimate of drug-likeness (QED) is 0.646. The van der Waals surface area contributed by atoms with E-state index in [1.165, 1.54) is 17.7 Å². The number of thiophene rings is 1. The first-order valence-corrected chi connectivity index (χ1v) is 8.48. The van der Waals surface area contributed by atoms with Gasteiger partial charge in [0.05, 0.1) is 0 Å². The van der Waals surface area contributed by atoms with Gasteiger partial charge in [0.1, 0.15) is 0 Å². The number of likely N-dealkylation sites (tertiary alicyclic amines) is 1. The summed E-state index contributed by atoms with van der Waals surface area (Å²) < 4.78 is 0. The van der Waals surface area contributed by atoms with Gasteiger partial charge in [0, 0.05) is 24.0 Å². The number of nitrogens with zero attached hydrogens (tertiary/aromatic N) is 1. The van der Waals surface area contributed by atoms with Crippen molar-refractivity contribution in [1.29, 1.82) is 0 Å². The number of nitrogens with one attached hydrogen (secondary N) is 1. The lowest BCUT2D eigenvalue weighted by Crippen LogP contribution is -2.37. The van der Waals surface area contributed by atoms with Crippen molar-refractivity contribution in [1.82, 2.24) is 10.2 Å². The molecule has 1 aromatic rings. The summed E-state index contributed by atoms with van der Waals surface area (Å²) in [7, 11) is 0. The van der Waals surface area contributed by atoms with Gasteiger partial charge in [0.25, 0.3) is 0 Å². The summed E-state index contributed by atoms with van der Waals surface area (Å²) in [6, 6.07) is 4.32. The third kappa shape index (κ3) is 5.86. The minimum Gasteiger partial charge on any atom is -0.352 e. The summed E-state index contributed by atoms with van der Waals surface area (Å²) in [4.78, 5) is 15.5. The maximum Gasteiger partial charge on any atom is 0.243 e. The van der Waals surface area contributed by atoms with Crippen molar-refractivity contribution >= 4 is 17.2 Å². The molecule has 0 saturated carbocycles. The third-order valence-corrected chi connectivity index (χ3v) is 4.64. The Hall–Kier alpha value is -1.39. The molecule has 2 heterocycles. The van der Waals surface area contributed by atoms with E-state index in [0.717, 1.165) is 26.2 Å². The molecule has 0 aromatic carbocycles. The maximum atomic E-state index is 11.6. The van der Waals surface area contributed by atoms with Crippen molar-refractivity contribution in [2.75, 3.05) is 19.6 Å². The number of amides is 1. The van der Waals surface area contributed by atoms with Gasteiger partial charge in [-0.25, -0.2) is 0 Å². The van der Waals surface area contributed by atoms with Crippen LogP contribution in [0.4, 0.5) is 0 Å². The Morgan fingerprint density at radius 1 is 1.43 bits per heavy atom. The molecular weight excluding hydrogens is 280 g/mol. The van der Waals surface area contributed by atoms with E-state index in [-0.39, 0.29) is 5.91 Å². The maximum absolute atomic E-state index is 11.6. The minimum atomic E-state index is 0.00844. The highest BCUT2D eigenvalue weighted by Gasteiger charge is 2.19. The number of hydrogen-bond donors (Lipinski definition) is 1. The average molecular weight is 304 g/mol. The van der Waals surface area contributed by atoms with Crippen molar-refractivity contribution in [2.45, 2.75) is 26.3 Å². The van der Waals surface area contributed by atoms with Crippen LogP contribution in [0.2, 0.25) is 0 Å². The molecule has 0 atom stereocenters. The minimum absolute atomic E-state index is 0.00844. The number of allylic oxidation sites excluding steroid dienone is 3. The van der Waals surface area contributed by atoms with Gasteiger partial charge in [-0.15, -0.1) is 11.3 Å². The Morgan fingerprint density at radius 3 is 2.90 bits per heavy atom. The summed E-state index contributed by atoms with van der Waals surface area (Å²) in [6.45, 7) is 6.07.